The minimum Gasteiger partial charge on any atom is -0.340 e. The van der Waals surface area contributed by atoms with Gasteiger partial charge in [0.1, 0.15) is 0 Å². The Morgan fingerprint density at radius 3 is 2.14 bits per heavy atom. The number of benzene rings is 2. The lowest BCUT2D eigenvalue weighted by Gasteiger charge is -2.34. The van der Waals surface area contributed by atoms with Crippen LogP contribution in [0.4, 0.5) is 5.69 Å². The van der Waals surface area contributed by atoms with Crippen LogP contribution in [-0.4, -0.2) is 54.3 Å². The third-order valence-corrected chi connectivity index (χ3v) is 5.49. The zero-order chi connectivity index (χ0) is 20.6. The van der Waals surface area contributed by atoms with Crippen molar-refractivity contribution in [2.45, 2.75) is 33.1 Å². The molecule has 0 unspecified atom stereocenters. The molecule has 0 spiro atoms. The van der Waals surface area contributed by atoms with E-state index in [1.165, 1.54) is 16.7 Å². The summed E-state index contributed by atoms with van der Waals surface area (Å²) >= 11 is 0. The normalized spacial score (nSPS) is 14.6. The average molecular weight is 394 g/mol. The van der Waals surface area contributed by atoms with E-state index < -0.39 is 0 Å². The first-order valence-electron chi connectivity index (χ1n) is 10.5. The number of piperazine rings is 1. The Morgan fingerprint density at radius 2 is 1.52 bits per heavy atom. The van der Waals surface area contributed by atoms with Gasteiger partial charge >= 0.3 is 0 Å². The number of hydrogen-bond donors (Lipinski definition) is 1. The van der Waals surface area contributed by atoms with Crippen LogP contribution in [0.5, 0.6) is 0 Å². The summed E-state index contributed by atoms with van der Waals surface area (Å²) in [5.74, 6) is 0.192. The van der Waals surface area contributed by atoms with E-state index in [1.807, 2.05) is 36.1 Å². The molecule has 0 radical (unpaired) electrons. The van der Waals surface area contributed by atoms with Crippen LogP contribution in [0.15, 0.2) is 48.5 Å². The van der Waals surface area contributed by atoms with Crippen molar-refractivity contribution < 1.29 is 9.59 Å². The Hall–Kier alpha value is -2.66. The first-order chi connectivity index (χ1) is 14.0. The molecule has 2 aromatic rings. The van der Waals surface area contributed by atoms with Crippen LogP contribution in [0.25, 0.3) is 0 Å². The van der Waals surface area contributed by atoms with Crippen LogP contribution in [0.1, 0.15) is 30.0 Å². The minimum atomic E-state index is -0.0100. The van der Waals surface area contributed by atoms with Gasteiger partial charge in [-0.15, -0.1) is 0 Å². The number of aryl methyl sites for hydroxylation is 3. The summed E-state index contributed by atoms with van der Waals surface area (Å²) in [6, 6.07) is 16.3. The minimum absolute atomic E-state index is 0.0100. The van der Waals surface area contributed by atoms with Gasteiger partial charge in [-0.2, -0.15) is 0 Å². The zero-order valence-corrected chi connectivity index (χ0v) is 17.5. The Morgan fingerprint density at radius 1 is 0.897 bits per heavy atom. The summed E-state index contributed by atoms with van der Waals surface area (Å²) in [6.45, 7) is 7.37. The van der Waals surface area contributed by atoms with Crippen molar-refractivity contribution in [2.24, 2.45) is 0 Å². The highest BCUT2D eigenvalue weighted by molar-refractivity contribution is 5.92. The van der Waals surface area contributed by atoms with Gasteiger partial charge < -0.3 is 10.2 Å². The summed E-state index contributed by atoms with van der Waals surface area (Å²) in [5, 5.41) is 2.94. The van der Waals surface area contributed by atoms with Crippen molar-refractivity contribution in [3.8, 4) is 0 Å². The molecule has 29 heavy (non-hydrogen) atoms. The van der Waals surface area contributed by atoms with Crippen LogP contribution in [0, 0.1) is 6.92 Å². The molecule has 0 aliphatic carbocycles. The summed E-state index contributed by atoms with van der Waals surface area (Å²) in [5.41, 5.74) is 4.52. The molecule has 3 rings (SSSR count). The maximum atomic E-state index is 12.5. The van der Waals surface area contributed by atoms with Crippen molar-refractivity contribution >= 4 is 17.5 Å². The van der Waals surface area contributed by atoms with E-state index >= 15 is 0 Å². The largest absolute Gasteiger partial charge is 0.340 e. The summed E-state index contributed by atoms with van der Waals surface area (Å²) in [4.78, 5) is 28.8. The van der Waals surface area contributed by atoms with Crippen LogP contribution in [-0.2, 0) is 22.4 Å². The molecule has 0 bridgehead atoms. The number of amides is 2. The number of carbonyl (C=O) groups is 2. The topological polar surface area (TPSA) is 52.7 Å². The SMILES string of the molecule is CCc1ccc(CCC(=O)N2CCN(CC(=O)Nc3ccc(C)cc3)CC2)cc1. The number of rotatable bonds is 7. The van der Waals surface area contributed by atoms with Gasteiger partial charge in [-0.25, -0.2) is 0 Å². The molecule has 5 nitrogen and oxygen atoms in total. The highest BCUT2D eigenvalue weighted by Gasteiger charge is 2.22. The van der Waals surface area contributed by atoms with Gasteiger partial charge in [0.15, 0.2) is 0 Å². The molecule has 1 saturated heterocycles. The molecule has 1 heterocycles. The van der Waals surface area contributed by atoms with Gasteiger partial charge in [0.2, 0.25) is 11.8 Å². The van der Waals surface area contributed by atoms with Gasteiger partial charge in [0.05, 0.1) is 6.54 Å². The Kier molecular flexibility index (Phi) is 7.42. The van der Waals surface area contributed by atoms with Crippen LogP contribution in [0.2, 0.25) is 0 Å². The van der Waals surface area contributed by atoms with E-state index in [0.717, 1.165) is 31.6 Å². The van der Waals surface area contributed by atoms with E-state index in [1.54, 1.807) is 0 Å². The quantitative estimate of drug-likeness (QED) is 0.786. The second-order valence-electron chi connectivity index (χ2n) is 7.74. The molecule has 1 fully saturated rings. The van der Waals surface area contributed by atoms with Gasteiger partial charge in [-0.3, -0.25) is 14.5 Å². The van der Waals surface area contributed by atoms with Crippen LogP contribution in [0.3, 0.4) is 0 Å². The predicted molar refractivity (Wildman–Crippen MR) is 117 cm³/mol. The molecule has 1 N–H and O–H groups in total. The molecule has 0 saturated carbocycles. The van der Waals surface area contributed by atoms with E-state index in [0.29, 0.717) is 26.1 Å². The summed E-state index contributed by atoms with van der Waals surface area (Å²) in [7, 11) is 0. The monoisotopic (exact) mass is 393 g/mol. The van der Waals surface area contributed by atoms with Crippen molar-refractivity contribution in [1.29, 1.82) is 0 Å². The molecule has 2 amide bonds. The second-order valence-corrected chi connectivity index (χ2v) is 7.74. The molecular weight excluding hydrogens is 362 g/mol. The van der Waals surface area contributed by atoms with Crippen molar-refractivity contribution in [1.82, 2.24) is 9.80 Å². The molecule has 0 atom stereocenters. The Bertz CT molecular complexity index is 807. The zero-order valence-electron chi connectivity index (χ0n) is 17.5. The fourth-order valence-corrected chi connectivity index (χ4v) is 3.55. The number of anilines is 1. The van der Waals surface area contributed by atoms with Crippen molar-refractivity contribution in [2.75, 3.05) is 38.0 Å². The van der Waals surface area contributed by atoms with Crippen LogP contribution >= 0.6 is 0 Å². The maximum absolute atomic E-state index is 12.5. The lowest BCUT2D eigenvalue weighted by atomic mass is 10.1. The molecule has 2 aromatic carbocycles. The maximum Gasteiger partial charge on any atom is 0.238 e. The third kappa shape index (κ3) is 6.43. The van der Waals surface area contributed by atoms with E-state index in [-0.39, 0.29) is 11.8 Å². The fourth-order valence-electron chi connectivity index (χ4n) is 3.55. The van der Waals surface area contributed by atoms with Gasteiger partial charge in [-0.05, 0) is 43.0 Å². The molecule has 1 aliphatic rings. The first-order valence-corrected chi connectivity index (χ1v) is 10.5. The average Bonchev–Trinajstić information content (AvgIpc) is 2.74. The fraction of sp³-hybridized carbons (Fsp3) is 0.417. The molecule has 154 valence electrons. The standard InChI is InChI=1S/C24H31N3O2/c1-3-20-6-8-21(9-7-20)10-13-24(29)27-16-14-26(15-17-27)18-23(28)25-22-11-4-19(2)5-12-22/h4-9,11-12H,3,10,13-18H2,1-2H3,(H,25,28). The Balaban J connectivity index is 1.38. The summed E-state index contributed by atoms with van der Waals surface area (Å²) in [6.07, 6.45) is 2.36. The van der Waals surface area contributed by atoms with E-state index in [2.05, 4.69) is 41.4 Å². The molecule has 5 heteroatoms. The van der Waals surface area contributed by atoms with Gasteiger partial charge in [0.25, 0.3) is 0 Å². The third-order valence-electron chi connectivity index (χ3n) is 5.49. The highest BCUT2D eigenvalue weighted by atomic mass is 16.2. The van der Waals surface area contributed by atoms with Crippen molar-refractivity contribution in [3.63, 3.8) is 0 Å². The lowest BCUT2D eigenvalue weighted by Crippen LogP contribution is -2.50. The van der Waals surface area contributed by atoms with E-state index in [4.69, 9.17) is 0 Å². The highest BCUT2D eigenvalue weighted by Crippen LogP contribution is 2.11. The van der Waals surface area contributed by atoms with Crippen molar-refractivity contribution in [3.05, 3.63) is 65.2 Å². The molecule has 1 aliphatic heterocycles. The lowest BCUT2D eigenvalue weighted by molar-refractivity contribution is -0.133. The van der Waals surface area contributed by atoms with E-state index in [9.17, 15) is 9.59 Å². The smallest absolute Gasteiger partial charge is 0.238 e. The van der Waals surface area contributed by atoms with Gasteiger partial charge in [0, 0.05) is 38.3 Å². The predicted octanol–water partition coefficient (Wildman–Crippen LogP) is 3.27. The number of nitrogens with one attached hydrogen (secondary N) is 1. The number of hydrogen-bond acceptors (Lipinski definition) is 3. The second kappa shape index (κ2) is 10.2. The summed E-state index contributed by atoms with van der Waals surface area (Å²) < 4.78 is 0. The molecule has 0 aromatic heterocycles. The first kappa shape index (κ1) is 21.1. The number of carbonyl (C=O) groups excluding carboxylic acids is 2. The van der Waals surface area contributed by atoms with Gasteiger partial charge in [-0.1, -0.05) is 48.9 Å². The molecular formula is C24H31N3O2. The Labute approximate surface area is 173 Å². The van der Waals surface area contributed by atoms with Crippen LogP contribution < -0.4 is 5.32 Å². The number of nitrogens with zero attached hydrogens (tertiary/aromatic N) is 2.